The lowest BCUT2D eigenvalue weighted by Crippen LogP contribution is -2.29. The molecular formula is C13H14BrClN2O3S. The van der Waals surface area contributed by atoms with Crippen LogP contribution in [0.3, 0.4) is 0 Å². The van der Waals surface area contributed by atoms with Crippen molar-refractivity contribution in [2.24, 2.45) is 0 Å². The summed E-state index contributed by atoms with van der Waals surface area (Å²) in [5, 5.41) is 0. The van der Waals surface area contributed by atoms with E-state index in [4.69, 9.17) is 16.0 Å². The van der Waals surface area contributed by atoms with Crippen LogP contribution in [0, 0.1) is 0 Å². The molecule has 5 nitrogen and oxygen atoms in total. The maximum atomic E-state index is 12.5. The van der Waals surface area contributed by atoms with Crippen LogP contribution in [0.1, 0.15) is 11.3 Å². The lowest BCUT2D eigenvalue weighted by molar-refractivity contribution is 0.465. The number of aromatic nitrogens is 1. The number of nitrogens with zero attached hydrogens (tertiary/aromatic N) is 2. The van der Waals surface area contributed by atoms with Crippen LogP contribution in [0.5, 0.6) is 0 Å². The number of pyridine rings is 1. The Balaban J connectivity index is 2.13. The molecule has 0 saturated carbocycles. The van der Waals surface area contributed by atoms with Gasteiger partial charge >= 0.3 is 0 Å². The Hall–Kier alpha value is -0.890. The summed E-state index contributed by atoms with van der Waals surface area (Å²) in [6, 6.07) is 5.16. The van der Waals surface area contributed by atoms with E-state index in [-0.39, 0.29) is 15.4 Å². The van der Waals surface area contributed by atoms with Crippen LogP contribution in [0.15, 0.2) is 44.6 Å². The summed E-state index contributed by atoms with van der Waals surface area (Å²) in [4.78, 5) is 4.02. The van der Waals surface area contributed by atoms with E-state index in [9.17, 15) is 8.42 Å². The molecular weight excluding hydrogens is 380 g/mol. The molecule has 0 aromatic carbocycles. The van der Waals surface area contributed by atoms with E-state index in [1.54, 1.807) is 12.4 Å². The van der Waals surface area contributed by atoms with Crippen LogP contribution >= 0.6 is 27.5 Å². The van der Waals surface area contributed by atoms with Crippen molar-refractivity contribution in [3.63, 3.8) is 0 Å². The van der Waals surface area contributed by atoms with Crippen LogP contribution in [0.2, 0.25) is 0 Å². The van der Waals surface area contributed by atoms with E-state index in [1.807, 2.05) is 12.1 Å². The second-order valence-electron chi connectivity index (χ2n) is 4.42. The maximum absolute atomic E-state index is 12.5. The third kappa shape index (κ3) is 3.85. The lowest BCUT2D eigenvalue weighted by Gasteiger charge is -2.16. The highest BCUT2D eigenvalue weighted by molar-refractivity contribution is 9.10. The van der Waals surface area contributed by atoms with Gasteiger partial charge in [-0.1, -0.05) is 0 Å². The fraction of sp³-hybridized carbons (Fsp3) is 0.308. The third-order valence-corrected chi connectivity index (χ3v) is 5.97. The minimum absolute atomic E-state index is 0.0929. The van der Waals surface area contributed by atoms with Gasteiger partial charge in [0.05, 0.1) is 5.88 Å². The first-order chi connectivity index (χ1) is 9.95. The minimum atomic E-state index is -3.61. The zero-order valence-corrected chi connectivity index (χ0v) is 14.4. The molecule has 0 amide bonds. The second kappa shape index (κ2) is 6.91. The van der Waals surface area contributed by atoms with Gasteiger partial charge < -0.3 is 4.42 Å². The van der Waals surface area contributed by atoms with Crippen molar-refractivity contribution < 1.29 is 12.8 Å². The Morgan fingerprint density at radius 3 is 2.62 bits per heavy atom. The fourth-order valence-corrected chi connectivity index (χ4v) is 4.02. The monoisotopic (exact) mass is 392 g/mol. The number of rotatable bonds is 6. The highest BCUT2D eigenvalue weighted by Crippen LogP contribution is 2.29. The van der Waals surface area contributed by atoms with E-state index in [1.165, 1.54) is 17.4 Å². The molecule has 0 aliphatic rings. The first-order valence-electron chi connectivity index (χ1n) is 6.14. The van der Waals surface area contributed by atoms with Crippen molar-refractivity contribution in [3.05, 3.63) is 46.6 Å². The van der Waals surface area contributed by atoms with E-state index < -0.39 is 10.0 Å². The highest BCUT2D eigenvalue weighted by atomic mass is 79.9. The summed E-state index contributed by atoms with van der Waals surface area (Å²) in [7, 11) is -2.07. The van der Waals surface area contributed by atoms with Gasteiger partial charge in [-0.15, -0.1) is 11.6 Å². The Morgan fingerprint density at radius 2 is 2.05 bits per heavy atom. The zero-order valence-electron chi connectivity index (χ0n) is 11.3. The molecule has 2 aromatic rings. The Morgan fingerprint density at radius 1 is 1.38 bits per heavy atom. The van der Waals surface area contributed by atoms with E-state index in [0.29, 0.717) is 18.7 Å². The predicted molar refractivity (Wildman–Crippen MR) is 83.7 cm³/mol. The molecule has 0 aliphatic carbocycles. The van der Waals surface area contributed by atoms with Crippen molar-refractivity contribution >= 4 is 37.6 Å². The topological polar surface area (TPSA) is 63.4 Å². The molecule has 114 valence electrons. The SMILES string of the molecule is CN(CCc1ccncc1)S(=O)(=O)c1cc(CCl)oc1Br. The van der Waals surface area contributed by atoms with Crippen molar-refractivity contribution in [1.82, 2.24) is 9.29 Å². The van der Waals surface area contributed by atoms with Crippen LogP contribution in [-0.4, -0.2) is 31.3 Å². The first kappa shape index (κ1) is 16.5. The number of furan rings is 1. The number of halogens is 2. The van der Waals surface area contributed by atoms with Gasteiger partial charge in [-0.25, -0.2) is 12.7 Å². The molecule has 0 aliphatic heterocycles. The molecule has 0 atom stereocenters. The molecule has 0 N–H and O–H groups in total. The van der Waals surface area contributed by atoms with Crippen LogP contribution in [0.4, 0.5) is 0 Å². The molecule has 0 bridgehead atoms. The molecule has 0 spiro atoms. The molecule has 2 rings (SSSR count). The van der Waals surface area contributed by atoms with Gasteiger partial charge in [-0.05, 0) is 40.0 Å². The van der Waals surface area contributed by atoms with E-state index in [0.717, 1.165) is 5.56 Å². The number of likely N-dealkylation sites (N-methyl/N-ethyl adjacent to an activating group) is 1. The molecule has 0 fully saturated rings. The standard InChI is InChI=1S/C13H14BrClN2O3S/c1-17(7-4-10-2-5-16-6-3-10)21(18,19)12-8-11(9-15)20-13(12)14/h2-3,5-6,8H,4,7,9H2,1H3. The zero-order chi connectivity index (χ0) is 15.5. The molecule has 2 heterocycles. The maximum Gasteiger partial charge on any atom is 0.247 e. The summed E-state index contributed by atoms with van der Waals surface area (Å²) in [5.74, 6) is 0.527. The number of alkyl halides is 1. The van der Waals surface area contributed by atoms with Gasteiger partial charge in [0.2, 0.25) is 10.0 Å². The molecule has 8 heteroatoms. The second-order valence-corrected chi connectivity index (χ2v) is 7.42. The summed E-state index contributed by atoms with van der Waals surface area (Å²) >= 11 is 8.77. The molecule has 0 saturated heterocycles. The van der Waals surface area contributed by atoms with Gasteiger partial charge in [0.1, 0.15) is 10.7 Å². The average Bonchev–Trinajstić information content (AvgIpc) is 2.87. The van der Waals surface area contributed by atoms with Crippen molar-refractivity contribution in [1.29, 1.82) is 0 Å². The Kier molecular flexibility index (Phi) is 5.43. The summed E-state index contributed by atoms with van der Waals surface area (Å²) in [6.45, 7) is 0.361. The van der Waals surface area contributed by atoms with E-state index in [2.05, 4.69) is 20.9 Å². The Labute approximate surface area is 137 Å². The average molecular weight is 394 g/mol. The Bertz CT molecular complexity index is 703. The fourth-order valence-electron chi connectivity index (χ4n) is 1.76. The number of hydrogen-bond acceptors (Lipinski definition) is 4. The highest BCUT2D eigenvalue weighted by Gasteiger charge is 2.26. The molecule has 2 aromatic heterocycles. The van der Waals surface area contributed by atoms with Gasteiger partial charge in [-0.2, -0.15) is 0 Å². The van der Waals surface area contributed by atoms with Crippen LogP contribution < -0.4 is 0 Å². The largest absolute Gasteiger partial charge is 0.452 e. The summed E-state index contributed by atoms with van der Waals surface area (Å²) in [5.41, 5.74) is 1.03. The van der Waals surface area contributed by atoms with Gasteiger partial charge in [-0.3, -0.25) is 4.98 Å². The molecule has 0 radical (unpaired) electrons. The van der Waals surface area contributed by atoms with Crippen molar-refractivity contribution in [3.8, 4) is 0 Å². The predicted octanol–water partition coefficient (Wildman–Crippen LogP) is 3.04. The van der Waals surface area contributed by atoms with Crippen molar-refractivity contribution in [2.45, 2.75) is 17.2 Å². The molecule has 21 heavy (non-hydrogen) atoms. The third-order valence-electron chi connectivity index (χ3n) is 2.99. The quantitative estimate of drug-likeness (QED) is 0.708. The normalized spacial score (nSPS) is 12.0. The summed E-state index contributed by atoms with van der Waals surface area (Å²) in [6.07, 6.45) is 3.97. The summed E-state index contributed by atoms with van der Waals surface area (Å²) < 4.78 is 31.7. The molecule has 0 unspecified atom stereocenters. The van der Waals surface area contributed by atoms with Crippen LogP contribution in [-0.2, 0) is 22.3 Å². The van der Waals surface area contributed by atoms with Crippen molar-refractivity contribution in [2.75, 3.05) is 13.6 Å². The number of hydrogen-bond donors (Lipinski definition) is 0. The van der Waals surface area contributed by atoms with Gasteiger partial charge in [0.25, 0.3) is 0 Å². The smallest absolute Gasteiger partial charge is 0.247 e. The van der Waals surface area contributed by atoms with E-state index >= 15 is 0 Å². The van der Waals surface area contributed by atoms with Gasteiger partial charge in [0, 0.05) is 32.1 Å². The minimum Gasteiger partial charge on any atom is -0.452 e. The number of sulfonamides is 1. The van der Waals surface area contributed by atoms with Gasteiger partial charge in [0.15, 0.2) is 4.67 Å². The van der Waals surface area contributed by atoms with Crippen LogP contribution in [0.25, 0.3) is 0 Å². The lowest BCUT2D eigenvalue weighted by atomic mass is 10.2. The first-order valence-corrected chi connectivity index (χ1v) is 8.91.